The number of sulfonamides is 1. The van der Waals surface area contributed by atoms with E-state index in [0.29, 0.717) is 12.5 Å². The number of rotatable bonds is 5. The summed E-state index contributed by atoms with van der Waals surface area (Å²) in [4.78, 5) is 0. The highest BCUT2D eigenvalue weighted by Gasteiger charge is 2.28. The number of hydrogen-bond acceptors (Lipinski definition) is 2. The molecule has 0 aliphatic rings. The Morgan fingerprint density at radius 1 is 1.27 bits per heavy atom. The zero-order valence-electron chi connectivity index (χ0n) is 10.2. The second-order valence-corrected chi connectivity index (χ2v) is 8.33. The van der Waals surface area contributed by atoms with Crippen molar-refractivity contribution in [2.75, 3.05) is 6.54 Å². The Balaban J connectivity index is 4.17. The van der Waals surface area contributed by atoms with Gasteiger partial charge in [-0.2, -0.15) is 0 Å². The zero-order chi connectivity index (χ0) is 12.3. The molecule has 0 fully saturated rings. The quantitative estimate of drug-likeness (QED) is 0.767. The van der Waals surface area contributed by atoms with E-state index in [4.69, 9.17) is 11.6 Å². The van der Waals surface area contributed by atoms with Crippen molar-refractivity contribution in [1.29, 1.82) is 0 Å². The van der Waals surface area contributed by atoms with Gasteiger partial charge in [-0.1, -0.05) is 13.8 Å². The van der Waals surface area contributed by atoms with Crippen LogP contribution in [-0.4, -0.2) is 25.1 Å². The van der Waals surface area contributed by atoms with Crippen molar-refractivity contribution in [3.8, 4) is 0 Å². The monoisotopic (exact) mass is 255 g/mol. The van der Waals surface area contributed by atoms with Gasteiger partial charge in [-0.3, -0.25) is 0 Å². The van der Waals surface area contributed by atoms with Crippen LogP contribution in [-0.2, 0) is 10.0 Å². The van der Waals surface area contributed by atoms with Crippen LogP contribution in [0.2, 0.25) is 0 Å². The van der Waals surface area contributed by atoms with Crippen LogP contribution in [0.4, 0.5) is 0 Å². The van der Waals surface area contributed by atoms with E-state index in [1.165, 1.54) is 0 Å². The van der Waals surface area contributed by atoms with Crippen LogP contribution in [0.25, 0.3) is 0 Å². The van der Waals surface area contributed by atoms with Gasteiger partial charge in [0.25, 0.3) is 0 Å². The van der Waals surface area contributed by atoms with E-state index in [-0.39, 0.29) is 5.38 Å². The maximum atomic E-state index is 11.7. The molecule has 0 rings (SSSR count). The predicted octanol–water partition coefficient (Wildman–Crippen LogP) is 2.36. The molecule has 15 heavy (non-hydrogen) atoms. The highest BCUT2D eigenvalue weighted by Crippen LogP contribution is 2.15. The average Bonchev–Trinajstić information content (AvgIpc) is 1.97. The molecule has 1 atom stereocenters. The lowest BCUT2D eigenvalue weighted by atomic mass is 10.1. The maximum absolute atomic E-state index is 11.7. The third-order valence-electron chi connectivity index (χ3n) is 2.03. The van der Waals surface area contributed by atoms with E-state index in [1.807, 2.05) is 0 Å². The molecule has 0 spiro atoms. The Hall–Kier alpha value is 0.200. The zero-order valence-corrected chi connectivity index (χ0v) is 11.7. The van der Waals surface area contributed by atoms with Crippen LogP contribution >= 0.6 is 11.6 Å². The third-order valence-corrected chi connectivity index (χ3v) is 4.52. The van der Waals surface area contributed by atoms with Crippen molar-refractivity contribution >= 4 is 21.6 Å². The van der Waals surface area contributed by atoms with Crippen molar-refractivity contribution in [2.45, 2.75) is 51.2 Å². The molecule has 0 aliphatic carbocycles. The fourth-order valence-corrected chi connectivity index (χ4v) is 2.39. The van der Waals surface area contributed by atoms with Crippen LogP contribution < -0.4 is 4.72 Å². The lowest BCUT2D eigenvalue weighted by Crippen LogP contribution is -2.41. The van der Waals surface area contributed by atoms with Gasteiger partial charge in [0.15, 0.2) is 0 Å². The van der Waals surface area contributed by atoms with Crippen LogP contribution in [0.1, 0.15) is 41.0 Å². The van der Waals surface area contributed by atoms with E-state index in [0.717, 1.165) is 6.42 Å². The molecule has 0 saturated heterocycles. The first-order chi connectivity index (χ1) is 6.56. The summed E-state index contributed by atoms with van der Waals surface area (Å²) >= 11 is 6.01. The van der Waals surface area contributed by atoms with Gasteiger partial charge in [-0.25, -0.2) is 13.1 Å². The Labute approximate surface area is 98.6 Å². The second-order valence-electron chi connectivity index (χ2n) is 5.19. The minimum Gasteiger partial charge on any atom is -0.213 e. The summed E-state index contributed by atoms with van der Waals surface area (Å²) in [6, 6.07) is 0. The minimum atomic E-state index is -3.26. The van der Waals surface area contributed by atoms with Crippen molar-refractivity contribution in [1.82, 2.24) is 4.72 Å². The van der Waals surface area contributed by atoms with Crippen LogP contribution in [0.5, 0.6) is 0 Å². The molecule has 1 unspecified atom stereocenters. The Morgan fingerprint density at radius 3 is 2.07 bits per heavy atom. The Morgan fingerprint density at radius 2 is 1.73 bits per heavy atom. The van der Waals surface area contributed by atoms with E-state index in [2.05, 4.69) is 18.6 Å². The third kappa shape index (κ3) is 5.73. The van der Waals surface area contributed by atoms with E-state index in [9.17, 15) is 8.42 Å². The molecular formula is C10H22ClNO2S. The molecule has 0 saturated carbocycles. The molecule has 0 radical (unpaired) electrons. The Kier molecular flexibility index (Phi) is 5.58. The van der Waals surface area contributed by atoms with Gasteiger partial charge >= 0.3 is 0 Å². The van der Waals surface area contributed by atoms with Crippen LogP contribution in [0.3, 0.4) is 0 Å². The molecule has 3 nitrogen and oxygen atoms in total. The summed E-state index contributed by atoms with van der Waals surface area (Å²) in [5.41, 5.74) is 0. The summed E-state index contributed by atoms with van der Waals surface area (Å²) in [5.74, 6) is 0.478. The molecule has 0 heterocycles. The maximum Gasteiger partial charge on any atom is 0.216 e. The van der Waals surface area contributed by atoms with E-state index < -0.39 is 14.8 Å². The predicted molar refractivity (Wildman–Crippen MR) is 65.8 cm³/mol. The molecule has 1 N–H and O–H groups in total. The molecule has 5 heteroatoms. The second kappa shape index (κ2) is 5.51. The largest absolute Gasteiger partial charge is 0.216 e. The van der Waals surface area contributed by atoms with Crippen molar-refractivity contribution < 1.29 is 8.42 Å². The number of alkyl halides is 1. The smallest absolute Gasteiger partial charge is 0.213 e. The highest BCUT2D eigenvalue weighted by atomic mass is 35.5. The van der Waals surface area contributed by atoms with Gasteiger partial charge < -0.3 is 0 Å². The average molecular weight is 256 g/mol. The van der Waals surface area contributed by atoms with Gasteiger partial charge in [-0.15, -0.1) is 11.6 Å². The lowest BCUT2D eigenvalue weighted by molar-refractivity contribution is 0.526. The summed E-state index contributed by atoms with van der Waals surface area (Å²) in [6.07, 6.45) is 0.814. The van der Waals surface area contributed by atoms with Crippen LogP contribution in [0, 0.1) is 5.92 Å². The topological polar surface area (TPSA) is 46.2 Å². The molecule has 0 aromatic heterocycles. The SMILES string of the molecule is CC(C)CC(Cl)CNS(=O)(=O)C(C)(C)C. The lowest BCUT2D eigenvalue weighted by Gasteiger charge is -2.21. The van der Waals surface area contributed by atoms with Gasteiger partial charge in [0, 0.05) is 11.9 Å². The van der Waals surface area contributed by atoms with Crippen LogP contribution in [0.15, 0.2) is 0 Å². The van der Waals surface area contributed by atoms with E-state index >= 15 is 0 Å². The fraction of sp³-hybridized carbons (Fsp3) is 1.00. The molecule has 0 aromatic carbocycles. The summed E-state index contributed by atoms with van der Waals surface area (Å²) < 4.78 is 25.1. The fourth-order valence-electron chi connectivity index (χ4n) is 1.01. The molecule has 0 bridgehead atoms. The molecule has 92 valence electrons. The first-order valence-electron chi connectivity index (χ1n) is 5.19. The number of hydrogen-bond donors (Lipinski definition) is 1. The number of nitrogens with one attached hydrogen (secondary N) is 1. The van der Waals surface area contributed by atoms with Crippen molar-refractivity contribution in [3.05, 3.63) is 0 Å². The first kappa shape index (κ1) is 15.2. The summed E-state index contributed by atoms with van der Waals surface area (Å²) in [7, 11) is -3.26. The first-order valence-corrected chi connectivity index (χ1v) is 7.11. The van der Waals surface area contributed by atoms with E-state index in [1.54, 1.807) is 20.8 Å². The van der Waals surface area contributed by atoms with Crippen molar-refractivity contribution in [2.24, 2.45) is 5.92 Å². The minimum absolute atomic E-state index is 0.137. The molecule has 0 amide bonds. The van der Waals surface area contributed by atoms with Crippen molar-refractivity contribution in [3.63, 3.8) is 0 Å². The molecule has 0 aliphatic heterocycles. The highest BCUT2D eigenvalue weighted by molar-refractivity contribution is 7.90. The number of halogens is 1. The van der Waals surface area contributed by atoms with Gasteiger partial charge in [0.1, 0.15) is 0 Å². The molecule has 0 aromatic rings. The summed E-state index contributed by atoms with van der Waals surface area (Å²) in [5, 5.41) is -0.137. The molecular weight excluding hydrogens is 234 g/mol. The Bertz CT molecular complexity index is 280. The van der Waals surface area contributed by atoms with Gasteiger partial charge in [-0.05, 0) is 33.1 Å². The summed E-state index contributed by atoms with van der Waals surface area (Å²) in [6.45, 7) is 9.43. The van der Waals surface area contributed by atoms with Gasteiger partial charge in [0.2, 0.25) is 10.0 Å². The standard InChI is InChI=1S/C10H22ClNO2S/c1-8(2)6-9(11)7-12-15(13,14)10(3,4)5/h8-9,12H,6-7H2,1-5H3. The van der Waals surface area contributed by atoms with Gasteiger partial charge in [0.05, 0.1) is 4.75 Å². The normalized spacial score (nSPS) is 15.7.